The number of ether oxygens (including phenoxy) is 1. The van der Waals surface area contributed by atoms with Crippen molar-refractivity contribution in [2.24, 2.45) is 0 Å². The number of hydrogen-bond acceptors (Lipinski definition) is 4. The van der Waals surface area contributed by atoms with E-state index < -0.39 is 0 Å². The molecule has 1 heterocycles. The summed E-state index contributed by atoms with van der Waals surface area (Å²) in [5.41, 5.74) is 1.79. The van der Waals surface area contributed by atoms with Crippen LogP contribution in [0.5, 0.6) is 0 Å². The van der Waals surface area contributed by atoms with E-state index in [2.05, 4.69) is 17.6 Å². The van der Waals surface area contributed by atoms with Crippen molar-refractivity contribution < 1.29 is 9.53 Å². The van der Waals surface area contributed by atoms with Gasteiger partial charge in [-0.2, -0.15) is 0 Å². The molecule has 0 saturated carbocycles. The Hall–Kier alpha value is -0.750. The summed E-state index contributed by atoms with van der Waals surface area (Å²) in [6.07, 6.45) is 0.984. The van der Waals surface area contributed by atoms with Gasteiger partial charge in [-0.25, -0.2) is 0 Å². The van der Waals surface area contributed by atoms with Crippen molar-refractivity contribution in [2.45, 2.75) is 24.3 Å². The highest BCUT2D eigenvalue weighted by Crippen LogP contribution is 2.38. The van der Waals surface area contributed by atoms with Crippen LogP contribution in [-0.2, 0) is 9.53 Å². The highest BCUT2D eigenvalue weighted by Gasteiger charge is 2.30. The van der Waals surface area contributed by atoms with Gasteiger partial charge in [0.25, 0.3) is 0 Å². The fourth-order valence-corrected chi connectivity index (χ4v) is 3.30. The van der Waals surface area contributed by atoms with Crippen molar-refractivity contribution in [3.05, 3.63) is 22.7 Å². The van der Waals surface area contributed by atoms with Crippen LogP contribution in [0.4, 0.5) is 5.69 Å². The summed E-state index contributed by atoms with van der Waals surface area (Å²) in [6, 6.07) is 3.54. The maximum absolute atomic E-state index is 12.0. The van der Waals surface area contributed by atoms with Gasteiger partial charge in [0.1, 0.15) is 6.04 Å². The van der Waals surface area contributed by atoms with Crippen molar-refractivity contribution in [3.63, 3.8) is 0 Å². The van der Waals surface area contributed by atoms with Crippen molar-refractivity contribution in [2.75, 3.05) is 31.3 Å². The molecule has 1 amide bonds. The number of methoxy groups -OCH3 is 1. The summed E-state index contributed by atoms with van der Waals surface area (Å²) in [7, 11) is 1.68. The van der Waals surface area contributed by atoms with E-state index in [4.69, 9.17) is 16.3 Å². The number of amides is 1. The van der Waals surface area contributed by atoms with Crippen LogP contribution in [0, 0.1) is 0 Å². The minimum Gasteiger partial charge on any atom is -0.384 e. The number of carbonyl (C=O) groups excluding carboxylic acids is 1. The first kappa shape index (κ1) is 15.6. The maximum Gasteiger partial charge on any atom is 0.246 e. The summed E-state index contributed by atoms with van der Waals surface area (Å²) >= 11 is 7.93. The minimum absolute atomic E-state index is 0.0106. The summed E-state index contributed by atoms with van der Waals surface area (Å²) in [5, 5.41) is 6.83. The Morgan fingerprint density at radius 3 is 3.00 bits per heavy atom. The summed E-state index contributed by atoms with van der Waals surface area (Å²) in [4.78, 5) is 12.9. The monoisotopic (exact) mass is 314 g/mol. The topological polar surface area (TPSA) is 50.4 Å². The quantitative estimate of drug-likeness (QED) is 0.600. The number of carbonyl (C=O) groups is 1. The van der Waals surface area contributed by atoms with Crippen LogP contribution in [0.3, 0.4) is 0 Å². The third-order valence-electron chi connectivity index (χ3n) is 3.08. The van der Waals surface area contributed by atoms with Crippen molar-refractivity contribution >= 4 is 35.0 Å². The molecule has 2 rings (SSSR count). The normalized spacial score (nSPS) is 17.1. The van der Waals surface area contributed by atoms with E-state index in [9.17, 15) is 4.79 Å². The molecule has 0 aliphatic carbocycles. The zero-order valence-corrected chi connectivity index (χ0v) is 13.2. The third kappa shape index (κ3) is 3.47. The highest BCUT2D eigenvalue weighted by molar-refractivity contribution is 7.99. The Morgan fingerprint density at radius 1 is 1.50 bits per heavy atom. The van der Waals surface area contributed by atoms with Gasteiger partial charge < -0.3 is 15.4 Å². The van der Waals surface area contributed by atoms with E-state index in [0.29, 0.717) is 11.6 Å². The van der Waals surface area contributed by atoms with Gasteiger partial charge in [0.05, 0.1) is 11.6 Å². The van der Waals surface area contributed by atoms with Crippen molar-refractivity contribution in [1.29, 1.82) is 0 Å². The number of hydrogen-bond donors (Lipinski definition) is 2. The van der Waals surface area contributed by atoms with Crippen LogP contribution < -0.4 is 10.6 Å². The lowest BCUT2D eigenvalue weighted by atomic mass is 10.1. The molecule has 1 aliphatic rings. The number of halogens is 1. The molecule has 0 spiro atoms. The molecule has 1 unspecified atom stereocenters. The van der Waals surface area contributed by atoms with Crippen molar-refractivity contribution in [1.82, 2.24) is 5.32 Å². The number of nitrogens with one attached hydrogen (secondary N) is 2. The zero-order valence-electron chi connectivity index (χ0n) is 11.7. The average molecular weight is 315 g/mol. The van der Waals surface area contributed by atoms with Crippen molar-refractivity contribution in [3.8, 4) is 0 Å². The van der Waals surface area contributed by atoms with Gasteiger partial charge in [-0.1, -0.05) is 18.5 Å². The third-order valence-corrected chi connectivity index (χ3v) is 4.52. The van der Waals surface area contributed by atoms with Gasteiger partial charge in [-0.05, 0) is 25.1 Å². The van der Waals surface area contributed by atoms with E-state index in [-0.39, 0.29) is 11.9 Å². The molecule has 110 valence electrons. The summed E-state index contributed by atoms with van der Waals surface area (Å²) < 4.78 is 5.03. The van der Waals surface area contributed by atoms with Crippen LogP contribution in [0.25, 0.3) is 0 Å². The Balaban J connectivity index is 2.16. The van der Waals surface area contributed by atoms with E-state index in [1.807, 2.05) is 12.1 Å². The lowest BCUT2D eigenvalue weighted by molar-refractivity contribution is -0.117. The lowest BCUT2D eigenvalue weighted by Gasteiger charge is -2.12. The zero-order chi connectivity index (χ0) is 14.5. The number of fused-ring (bicyclic) bond motifs is 1. The smallest absolute Gasteiger partial charge is 0.246 e. The van der Waals surface area contributed by atoms with Gasteiger partial charge >= 0.3 is 0 Å². The van der Waals surface area contributed by atoms with Gasteiger partial charge in [0.15, 0.2) is 0 Å². The maximum atomic E-state index is 12.0. The van der Waals surface area contributed by atoms with Gasteiger partial charge in [0.2, 0.25) is 5.91 Å². The molecule has 0 bridgehead atoms. The number of rotatable bonds is 7. The second kappa shape index (κ2) is 7.31. The first-order valence-corrected chi connectivity index (χ1v) is 8.03. The summed E-state index contributed by atoms with van der Waals surface area (Å²) in [6.45, 7) is 3.55. The molecule has 1 aliphatic heterocycles. The Kier molecular flexibility index (Phi) is 5.72. The van der Waals surface area contributed by atoms with E-state index >= 15 is 0 Å². The van der Waals surface area contributed by atoms with E-state index in [1.165, 1.54) is 0 Å². The molecule has 20 heavy (non-hydrogen) atoms. The van der Waals surface area contributed by atoms with Crippen LogP contribution in [-0.4, -0.2) is 31.9 Å². The Labute approximate surface area is 128 Å². The van der Waals surface area contributed by atoms with Gasteiger partial charge in [-0.3, -0.25) is 4.79 Å². The molecular formula is C14H19ClN2O2S. The average Bonchev–Trinajstić information content (AvgIpc) is 2.72. The molecule has 1 atom stereocenters. The minimum atomic E-state index is -0.291. The van der Waals surface area contributed by atoms with Crippen LogP contribution >= 0.6 is 23.4 Å². The van der Waals surface area contributed by atoms with Crippen LogP contribution in [0.15, 0.2) is 17.0 Å². The molecule has 1 aromatic carbocycles. The second-order valence-corrected chi connectivity index (χ2v) is 6.13. The van der Waals surface area contributed by atoms with Crippen LogP contribution in [0.2, 0.25) is 5.02 Å². The molecule has 6 heteroatoms. The standard InChI is InChI=1S/C14H19ClN2O2S/c1-3-4-16-13-9-7-10(15)12(20-6-5-19-2)8-11(9)17-14(13)18/h7-8,13,16H,3-6H2,1-2H3,(H,17,18). The Morgan fingerprint density at radius 2 is 2.30 bits per heavy atom. The number of anilines is 1. The number of benzene rings is 1. The molecule has 0 radical (unpaired) electrons. The fourth-order valence-electron chi connectivity index (χ4n) is 2.10. The van der Waals surface area contributed by atoms with Gasteiger partial charge in [-0.15, -0.1) is 11.8 Å². The molecular weight excluding hydrogens is 296 g/mol. The van der Waals surface area contributed by atoms with E-state index in [0.717, 1.165) is 34.9 Å². The SMILES string of the molecule is CCCNC1C(=O)Nc2cc(SCCOC)c(Cl)cc21. The lowest BCUT2D eigenvalue weighted by Crippen LogP contribution is -2.27. The predicted molar refractivity (Wildman–Crippen MR) is 83.7 cm³/mol. The largest absolute Gasteiger partial charge is 0.384 e. The number of thioether (sulfide) groups is 1. The predicted octanol–water partition coefficient (Wildman–Crippen LogP) is 3.07. The fraction of sp³-hybridized carbons (Fsp3) is 0.500. The molecule has 0 aromatic heterocycles. The molecule has 2 N–H and O–H groups in total. The first-order chi connectivity index (χ1) is 9.67. The molecule has 4 nitrogen and oxygen atoms in total. The molecule has 0 fully saturated rings. The van der Waals surface area contributed by atoms with Gasteiger partial charge in [0, 0.05) is 29.0 Å². The molecule has 1 aromatic rings. The first-order valence-electron chi connectivity index (χ1n) is 6.66. The van der Waals surface area contributed by atoms with Crippen LogP contribution in [0.1, 0.15) is 24.9 Å². The Bertz CT molecular complexity index is 496. The molecule has 0 saturated heterocycles. The summed E-state index contributed by atoms with van der Waals surface area (Å²) in [5.74, 6) is 0.823. The highest BCUT2D eigenvalue weighted by atomic mass is 35.5. The van der Waals surface area contributed by atoms with E-state index in [1.54, 1.807) is 18.9 Å². The second-order valence-electron chi connectivity index (χ2n) is 4.59.